The van der Waals surface area contributed by atoms with Gasteiger partial charge in [0.25, 0.3) is 0 Å². The summed E-state index contributed by atoms with van der Waals surface area (Å²) in [6, 6.07) is 0. The summed E-state index contributed by atoms with van der Waals surface area (Å²) in [6.45, 7) is 4.40. The van der Waals surface area contributed by atoms with Gasteiger partial charge in [-0.05, 0) is 12.8 Å². The number of rotatable bonds is 8. The third kappa shape index (κ3) is 3.45. The van der Waals surface area contributed by atoms with Crippen LogP contribution < -0.4 is 5.73 Å². The molecule has 5 nitrogen and oxygen atoms in total. The molecule has 1 aliphatic heterocycles. The van der Waals surface area contributed by atoms with Crippen molar-refractivity contribution in [1.82, 2.24) is 14.8 Å². The smallest absolute Gasteiger partial charge is 0.249 e. The van der Waals surface area contributed by atoms with Gasteiger partial charge < -0.3 is 5.73 Å². The van der Waals surface area contributed by atoms with Gasteiger partial charge in [0.15, 0.2) is 0 Å². The molecule has 112 valence electrons. The molecule has 1 aromatic heterocycles. The van der Waals surface area contributed by atoms with E-state index in [0.717, 1.165) is 12.8 Å². The Balaban J connectivity index is 1.87. The van der Waals surface area contributed by atoms with Crippen LogP contribution in [-0.2, 0) is 0 Å². The SMILES string of the molecule is CCCCCCCCC1C(CC)=Nc2ncnn2C1N. The van der Waals surface area contributed by atoms with Gasteiger partial charge in [-0.15, -0.1) is 0 Å². The molecule has 5 heteroatoms. The minimum Gasteiger partial charge on any atom is -0.309 e. The highest BCUT2D eigenvalue weighted by Gasteiger charge is 2.30. The van der Waals surface area contributed by atoms with E-state index < -0.39 is 0 Å². The van der Waals surface area contributed by atoms with Gasteiger partial charge in [0.2, 0.25) is 5.95 Å². The van der Waals surface area contributed by atoms with Crippen molar-refractivity contribution >= 4 is 11.7 Å². The van der Waals surface area contributed by atoms with Crippen molar-refractivity contribution in [2.75, 3.05) is 0 Å². The molecule has 1 aromatic rings. The second-order valence-electron chi connectivity index (χ2n) is 5.61. The van der Waals surface area contributed by atoms with Crippen LogP contribution in [0.4, 0.5) is 5.95 Å². The minimum atomic E-state index is -0.101. The first-order valence-corrected chi connectivity index (χ1v) is 8.00. The lowest BCUT2D eigenvalue weighted by molar-refractivity contribution is 0.347. The zero-order valence-electron chi connectivity index (χ0n) is 12.8. The largest absolute Gasteiger partial charge is 0.309 e. The van der Waals surface area contributed by atoms with Crippen LogP contribution in [0.1, 0.15) is 71.4 Å². The summed E-state index contributed by atoms with van der Waals surface area (Å²) >= 11 is 0. The molecular formula is C15H27N5. The van der Waals surface area contributed by atoms with Crippen molar-refractivity contribution in [3.8, 4) is 0 Å². The average molecular weight is 277 g/mol. The number of hydrogen-bond donors (Lipinski definition) is 1. The maximum Gasteiger partial charge on any atom is 0.249 e. The first-order valence-electron chi connectivity index (χ1n) is 8.00. The maximum atomic E-state index is 6.34. The molecule has 0 aromatic carbocycles. The van der Waals surface area contributed by atoms with E-state index >= 15 is 0 Å². The lowest BCUT2D eigenvalue weighted by atomic mass is 9.90. The highest BCUT2D eigenvalue weighted by molar-refractivity contribution is 5.89. The van der Waals surface area contributed by atoms with Gasteiger partial charge in [0.05, 0.1) is 0 Å². The molecular weight excluding hydrogens is 250 g/mol. The van der Waals surface area contributed by atoms with Gasteiger partial charge in [0.1, 0.15) is 12.5 Å². The molecule has 2 N–H and O–H groups in total. The highest BCUT2D eigenvalue weighted by atomic mass is 15.4. The Morgan fingerprint density at radius 3 is 2.65 bits per heavy atom. The van der Waals surface area contributed by atoms with Gasteiger partial charge in [-0.3, -0.25) is 0 Å². The van der Waals surface area contributed by atoms with Crippen LogP contribution >= 0.6 is 0 Å². The quantitative estimate of drug-likeness (QED) is 0.738. The van der Waals surface area contributed by atoms with Gasteiger partial charge >= 0.3 is 0 Å². The fourth-order valence-electron chi connectivity index (χ4n) is 2.94. The van der Waals surface area contributed by atoms with E-state index in [1.165, 1.54) is 44.2 Å². The van der Waals surface area contributed by atoms with Gasteiger partial charge in [0, 0.05) is 11.6 Å². The third-order valence-corrected chi connectivity index (χ3v) is 4.15. The number of fused-ring (bicyclic) bond motifs is 1. The topological polar surface area (TPSA) is 69.1 Å². The van der Waals surface area contributed by atoms with Crippen molar-refractivity contribution in [2.24, 2.45) is 16.6 Å². The number of nitrogens with two attached hydrogens (primary N) is 1. The molecule has 1 aliphatic rings. The van der Waals surface area contributed by atoms with Crippen LogP contribution in [0.3, 0.4) is 0 Å². The van der Waals surface area contributed by atoms with Crippen molar-refractivity contribution < 1.29 is 0 Å². The number of hydrogen-bond acceptors (Lipinski definition) is 4. The Bertz CT molecular complexity index is 437. The number of aromatic nitrogens is 3. The van der Waals surface area contributed by atoms with Gasteiger partial charge in [-0.1, -0.05) is 52.4 Å². The highest BCUT2D eigenvalue weighted by Crippen LogP contribution is 2.30. The van der Waals surface area contributed by atoms with Crippen molar-refractivity contribution in [3.05, 3.63) is 6.33 Å². The molecule has 20 heavy (non-hydrogen) atoms. The summed E-state index contributed by atoms with van der Waals surface area (Å²) in [4.78, 5) is 8.76. The predicted molar refractivity (Wildman–Crippen MR) is 82.1 cm³/mol. The van der Waals surface area contributed by atoms with Crippen LogP contribution in [0, 0.1) is 5.92 Å². The van der Waals surface area contributed by atoms with E-state index in [-0.39, 0.29) is 6.17 Å². The summed E-state index contributed by atoms with van der Waals surface area (Å²) < 4.78 is 1.76. The second-order valence-corrected chi connectivity index (χ2v) is 5.61. The molecule has 0 saturated heterocycles. The standard InChI is InChI=1S/C15H27N5/c1-3-5-6-7-8-9-10-12-13(4-2)19-15-17-11-18-20(15)14(12)16/h11-12,14H,3-10,16H2,1-2H3. The molecule has 0 saturated carbocycles. The van der Waals surface area contributed by atoms with Crippen LogP contribution in [0.5, 0.6) is 0 Å². The van der Waals surface area contributed by atoms with E-state index in [4.69, 9.17) is 5.73 Å². The summed E-state index contributed by atoms with van der Waals surface area (Å²) in [7, 11) is 0. The number of nitrogens with zero attached hydrogens (tertiary/aromatic N) is 4. The Kier molecular flexibility index (Phi) is 5.71. The molecule has 0 amide bonds. The summed E-state index contributed by atoms with van der Waals surface area (Å²) in [5, 5.41) is 4.20. The molecule has 0 spiro atoms. The van der Waals surface area contributed by atoms with E-state index in [1.807, 2.05) is 0 Å². The first kappa shape index (κ1) is 15.2. The Labute approximate surface area is 121 Å². The number of unbranched alkanes of at least 4 members (excludes halogenated alkanes) is 5. The van der Waals surface area contributed by atoms with Crippen LogP contribution in [-0.4, -0.2) is 20.5 Å². The predicted octanol–water partition coefficient (Wildman–Crippen LogP) is 3.60. The molecule has 0 aliphatic carbocycles. The lowest BCUT2D eigenvalue weighted by Crippen LogP contribution is -2.36. The maximum absolute atomic E-state index is 6.34. The Morgan fingerprint density at radius 2 is 1.90 bits per heavy atom. The Morgan fingerprint density at radius 1 is 1.15 bits per heavy atom. The molecule has 0 radical (unpaired) electrons. The zero-order valence-corrected chi connectivity index (χ0v) is 12.8. The summed E-state index contributed by atoms with van der Waals surface area (Å²) in [5.41, 5.74) is 7.53. The molecule has 2 heterocycles. The molecule has 0 fully saturated rings. The fraction of sp³-hybridized carbons (Fsp3) is 0.800. The number of aliphatic imine (C=N–C) groups is 1. The molecule has 0 bridgehead atoms. The Hall–Kier alpha value is -1.23. The van der Waals surface area contributed by atoms with E-state index in [1.54, 1.807) is 11.0 Å². The summed E-state index contributed by atoms with van der Waals surface area (Å²) in [5.74, 6) is 0.980. The van der Waals surface area contributed by atoms with Crippen molar-refractivity contribution in [3.63, 3.8) is 0 Å². The second kappa shape index (κ2) is 7.53. The van der Waals surface area contributed by atoms with Crippen molar-refractivity contribution in [1.29, 1.82) is 0 Å². The van der Waals surface area contributed by atoms with Crippen molar-refractivity contribution in [2.45, 2.75) is 71.4 Å². The van der Waals surface area contributed by atoms with Crippen LogP contribution in [0.15, 0.2) is 11.3 Å². The minimum absolute atomic E-state index is 0.101. The van der Waals surface area contributed by atoms with E-state index in [2.05, 4.69) is 28.9 Å². The summed E-state index contributed by atoms with van der Waals surface area (Å²) in [6.07, 6.45) is 11.4. The zero-order chi connectivity index (χ0) is 14.4. The average Bonchev–Trinajstić information content (AvgIpc) is 2.93. The molecule has 2 atom stereocenters. The van der Waals surface area contributed by atoms with Gasteiger partial charge in [-0.2, -0.15) is 10.1 Å². The fourth-order valence-corrected chi connectivity index (χ4v) is 2.94. The third-order valence-electron chi connectivity index (χ3n) is 4.15. The first-order chi connectivity index (χ1) is 9.77. The van der Waals surface area contributed by atoms with Crippen LogP contribution in [0.25, 0.3) is 0 Å². The van der Waals surface area contributed by atoms with E-state index in [9.17, 15) is 0 Å². The lowest BCUT2D eigenvalue weighted by Gasteiger charge is -2.29. The monoisotopic (exact) mass is 277 g/mol. The van der Waals surface area contributed by atoms with E-state index in [0.29, 0.717) is 11.9 Å². The molecule has 2 rings (SSSR count). The van der Waals surface area contributed by atoms with Crippen LogP contribution in [0.2, 0.25) is 0 Å². The molecule has 2 unspecified atom stereocenters. The normalized spacial score (nSPS) is 21.6. The van der Waals surface area contributed by atoms with Gasteiger partial charge in [-0.25, -0.2) is 9.67 Å².